The predicted molar refractivity (Wildman–Crippen MR) is 58.5 cm³/mol. The van der Waals surface area contributed by atoms with Crippen LogP contribution in [0, 0.1) is 0 Å². The summed E-state index contributed by atoms with van der Waals surface area (Å²) in [7, 11) is 0. The number of phenols is 1. The Hall–Kier alpha value is -2.07. The van der Waals surface area contributed by atoms with Crippen molar-refractivity contribution in [2.24, 2.45) is 0 Å². The van der Waals surface area contributed by atoms with Gasteiger partial charge in [0.2, 0.25) is 0 Å². The van der Waals surface area contributed by atoms with Gasteiger partial charge >= 0.3 is 5.97 Å². The predicted octanol–water partition coefficient (Wildman–Crippen LogP) is 1.74. The number of aromatic hydroxyl groups is 1. The smallest absolute Gasteiger partial charge is 0.339 e. The number of hydrogen-bond donors (Lipinski definition) is 3. The molecule has 0 aromatic heterocycles. The first-order chi connectivity index (χ1) is 7.65. The fourth-order valence-electron chi connectivity index (χ4n) is 1.73. The van der Waals surface area contributed by atoms with E-state index in [-0.39, 0.29) is 16.9 Å². The molecule has 4 nitrogen and oxygen atoms in total. The third kappa shape index (κ3) is 1.49. The van der Waals surface area contributed by atoms with E-state index in [0.717, 1.165) is 0 Å². The van der Waals surface area contributed by atoms with E-state index in [4.69, 9.17) is 10.2 Å². The van der Waals surface area contributed by atoms with Crippen LogP contribution >= 0.6 is 0 Å². The van der Waals surface area contributed by atoms with Gasteiger partial charge in [0.25, 0.3) is 0 Å². The average Bonchev–Trinajstić information content (AvgIpc) is 2.28. The summed E-state index contributed by atoms with van der Waals surface area (Å²) in [6, 6.07) is 8.40. The van der Waals surface area contributed by atoms with Gasteiger partial charge in [-0.05, 0) is 16.8 Å². The maximum Gasteiger partial charge on any atom is 0.339 e. The van der Waals surface area contributed by atoms with Crippen LogP contribution in [0.3, 0.4) is 0 Å². The van der Waals surface area contributed by atoms with Crippen molar-refractivity contribution >= 4 is 16.7 Å². The number of aliphatic hydroxyl groups excluding tert-OH is 1. The number of carboxylic acid groups (broad SMARTS) is 1. The molecular weight excluding hydrogens is 208 g/mol. The van der Waals surface area contributed by atoms with E-state index in [2.05, 4.69) is 0 Å². The first-order valence-electron chi connectivity index (χ1n) is 4.73. The van der Waals surface area contributed by atoms with Crippen LogP contribution in [-0.4, -0.2) is 21.3 Å². The Balaban J connectivity index is 2.88. The van der Waals surface area contributed by atoms with Gasteiger partial charge in [0.15, 0.2) is 0 Å². The summed E-state index contributed by atoms with van der Waals surface area (Å²) >= 11 is 0. The fraction of sp³-hybridized carbons (Fsp3) is 0.0833. The molecule has 0 atom stereocenters. The second-order valence-corrected chi connectivity index (χ2v) is 3.44. The first-order valence-corrected chi connectivity index (χ1v) is 4.73. The van der Waals surface area contributed by atoms with Crippen molar-refractivity contribution in [2.45, 2.75) is 6.61 Å². The van der Waals surface area contributed by atoms with Crippen molar-refractivity contribution in [1.29, 1.82) is 0 Å². The number of aliphatic hydroxyl groups is 1. The molecule has 0 radical (unpaired) electrons. The van der Waals surface area contributed by atoms with Crippen LogP contribution in [0.25, 0.3) is 10.8 Å². The summed E-state index contributed by atoms with van der Waals surface area (Å²) in [4.78, 5) is 10.9. The van der Waals surface area contributed by atoms with Crippen LogP contribution in [0.5, 0.6) is 5.75 Å². The summed E-state index contributed by atoms with van der Waals surface area (Å²) in [6.07, 6.45) is 0. The van der Waals surface area contributed by atoms with Gasteiger partial charge in [0, 0.05) is 5.56 Å². The highest BCUT2D eigenvalue weighted by Crippen LogP contribution is 2.31. The highest BCUT2D eigenvalue weighted by atomic mass is 16.4. The molecule has 3 N–H and O–H groups in total. The molecule has 2 aromatic rings. The monoisotopic (exact) mass is 218 g/mol. The van der Waals surface area contributed by atoms with Crippen LogP contribution < -0.4 is 0 Å². The van der Waals surface area contributed by atoms with E-state index in [1.54, 1.807) is 24.3 Å². The molecule has 0 aliphatic heterocycles. The van der Waals surface area contributed by atoms with Gasteiger partial charge in [0.1, 0.15) is 11.3 Å². The van der Waals surface area contributed by atoms with Crippen LogP contribution in [0.1, 0.15) is 15.9 Å². The minimum absolute atomic E-state index is 0.192. The van der Waals surface area contributed by atoms with E-state index in [9.17, 15) is 9.90 Å². The molecule has 16 heavy (non-hydrogen) atoms. The van der Waals surface area contributed by atoms with Gasteiger partial charge in [0.05, 0.1) is 6.61 Å². The van der Waals surface area contributed by atoms with Gasteiger partial charge < -0.3 is 15.3 Å². The van der Waals surface area contributed by atoms with Gasteiger partial charge in [-0.1, -0.05) is 24.3 Å². The minimum atomic E-state index is -1.21. The number of hydrogen-bond acceptors (Lipinski definition) is 3. The van der Waals surface area contributed by atoms with Crippen LogP contribution in [-0.2, 0) is 6.61 Å². The Morgan fingerprint density at radius 1 is 1.25 bits per heavy atom. The molecule has 2 rings (SSSR count). The van der Waals surface area contributed by atoms with E-state index >= 15 is 0 Å². The lowest BCUT2D eigenvalue weighted by molar-refractivity contribution is 0.0693. The molecule has 0 heterocycles. The Bertz CT molecular complexity index is 560. The number of aromatic carboxylic acids is 1. The molecule has 2 aromatic carbocycles. The Morgan fingerprint density at radius 2 is 1.94 bits per heavy atom. The van der Waals surface area contributed by atoms with Crippen LogP contribution in [0.15, 0.2) is 30.3 Å². The normalized spacial score (nSPS) is 10.6. The van der Waals surface area contributed by atoms with Crippen molar-refractivity contribution in [3.05, 3.63) is 41.5 Å². The Kier molecular flexibility index (Phi) is 2.50. The Labute approximate surface area is 91.4 Å². The van der Waals surface area contributed by atoms with E-state index < -0.39 is 12.6 Å². The molecule has 0 aliphatic rings. The number of rotatable bonds is 2. The van der Waals surface area contributed by atoms with Crippen molar-refractivity contribution in [2.75, 3.05) is 0 Å². The first kappa shape index (κ1) is 10.4. The molecule has 0 spiro atoms. The zero-order chi connectivity index (χ0) is 11.7. The van der Waals surface area contributed by atoms with Gasteiger partial charge in [-0.15, -0.1) is 0 Å². The number of fused-ring (bicyclic) bond motifs is 1. The highest BCUT2D eigenvalue weighted by molar-refractivity contribution is 5.99. The maximum absolute atomic E-state index is 10.9. The zero-order valence-corrected chi connectivity index (χ0v) is 8.34. The summed E-state index contributed by atoms with van der Waals surface area (Å²) in [5, 5.41) is 29.1. The summed E-state index contributed by atoms with van der Waals surface area (Å²) in [6.45, 7) is -0.395. The van der Waals surface area contributed by atoms with Crippen molar-refractivity contribution in [3.8, 4) is 5.75 Å². The maximum atomic E-state index is 10.9. The third-order valence-electron chi connectivity index (χ3n) is 2.52. The second-order valence-electron chi connectivity index (χ2n) is 3.44. The molecule has 0 bridgehead atoms. The molecule has 0 aliphatic carbocycles. The standard InChI is InChI=1S/C12H10O4/c13-6-10-8-4-2-1-3-7(8)5-9(11(10)14)12(15)16/h1-5,13-14H,6H2,(H,15,16). The van der Waals surface area contributed by atoms with Gasteiger partial charge in [-0.3, -0.25) is 0 Å². The summed E-state index contributed by atoms with van der Waals surface area (Å²) in [5.41, 5.74) is 0.0539. The lowest BCUT2D eigenvalue weighted by Crippen LogP contribution is -2.00. The summed E-state index contributed by atoms with van der Waals surface area (Å²) < 4.78 is 0. The van der Waals surface area contributed by atoms with E-state index in [1.165, 1.54) is 6.07 Å². The molecule has 0 fully saturated rings. The van der Waals surface area contributed by atoms with Crippen LogP contribution in [0.4, 0.5) is 0 Å². The molecule has 82 valence electrons. The van der Waals surface area contributed by atoms with E-state index in [0.29, 0.717) is 10.8 Å². The van der Waals surface area contributed by atoms with Crippen molar-refractivity contribution in [3.63, 3.8) is 0 Å². The largest absolute Gasteiger partial charge is 0.507 e. The van der Waals surface area contributed by atoms with E-state index in [1.807, 2.05) is 0 Å². The Morgan fingerprint density at radius 3 is 2.56 bits per heavy atom. The van der Waals surface area contributed by atoms with Crippen molar-refractivity contribution in [1.82, 2.24) is 0 Å². The topological polar surface area (TPSA) is 77.8 Å². The summed E-state index contributed by atoms with van der Waals surface area (Å²) in [5.74, 6) is -1.58. The SMILES string of the molecule is O=C(O)c1cc2ccccc2c(CO)c1O. The van der Waals surface area contributed by atoms with Crippen LogP contribution in [0.2, 0.25) is 0 Å². The molecule has 0 amide bonds. The molecule has 4 heteroatoms. The number of carboxylic acids is 1. The van der Waals surface area contributed by atoms with Crippen molar-refractivity contribution < 1.29 is 20.1 Å². The second kappa shape index (κ2) is 3.83. The number of carbonyl (C=O) groups is 1. The van der Waals surface area contributed by atoms with Gasteiger partial charge in [-0.2, -0.15) is 0 Å². The van der Waals surface area contributed by atoms with Gasteiger partial charge in [-0.25, -0.2) is 4.79 Å². The zero-order valence-electron chi connectivity index (χ0n) is 8.34. The molecule has 0 saturated carbocycles. The quantitative estimate of drug-likeness (QED) is 0.717. The average molecular weight is 218 g/mol. The minimum Gasteiger partial charge on any atom is -0.507 e. The fourth-order valence-corrected chi connectivity index (χ4v) is 1.73. The molecular formula is C12H10O4. The number of benzene rings is 2. The lowest BCUT2D eigenvalue weighted by atomic mass is 10.00. The molecule has 0 saturated heterocycles. The lowest BCUT2D eigenvalue weighted by Gasteiger charge is -2.09. The third-order valence-corrected chi connectivity index (χ3v) is 2.52. The molecule has 0 unspecified atom stereocenters. The highest BCUT2D eigenvalue weighted by Gasteiger charge is 2.16.